The lowest BCUT2D eigenvalue weighted by atomic mass is 10.0. The molecule has 0 saturated carbocycles. The van der Waals surface area contributed by atoms with E-state index >= 15 is 0 Å². The molecule has 0 aliphatic carbocycles. The van der Waals surface area contributed by atoms with Crippen molar-refractivity contribution in [1.82, 2.24) is 15.5 Å². The molecule has 1 heterocycles. The standard InChI is InChI=1S/C30H37N3O7S/c1-19(2)25(32-30(38)39-16-22-13-9-6-10-14-22)28(36)33-18-41-17-24(33)27(35)31-23(15-21-11-7-5-8-12-21)26(34)29(37)40-20(3)4/h5-14,19-20,23-25H,15-18H2,1-4H3,(H,31,35)(H,32,38). The van der Waals surface area contributed by atoms with Crippen molar-refractivity contribution in [3.8, 4) is 0 Å². The molecule has 1 saturated heterocycles. The summed E-state index contributed by atoms with van der Waals surface area (Å²) in [6.07, 6.45) is -1.17. The molecule has 0 radical (unpaired) electrons. The van der Waals surface area contributed by atoms with Gasteiger partial charge in [-0.3, -0.25) is 14.4 Å². The lowest BCUT2D eigenvalue weighted by Gasteiger charge is -2.30. The lowest BCUT2D eigenvalue weighted by Crippen LogP contribution is -2.57. The average Bonchev–Trinajstić information content (AvgIpc) is 3.44. The van der Waals surface area contributed by atoms with Crippen LogP contribution in [0.4, 0.5) is 4.79 Å². The summed E-state index contributed by atoms with van der Waals surface area (Å²) >= 11 is 1.38. The highest BCUT2D eigenvalue weighted by molar-refractivity contribution is 7.99. The highest BCUT2D eigenvalue weighted by Gasteiger charge is 2.41. The molecule has 11 heteroatoms. The minimum Gasteiger partial charge on any atom is -0.457 e. The van der Waals surface area contributed by atoms with Gasteiger partial charge in [-0.2, -0.15) is 0 Å². The molecule has 0 bridgehead atoms. The highest BCUT2D eigenvalue weighted by Crippen LogP contribution is 2.24. The monoisotopic (exact) mass is 583 g/mol. The van der Waals surface area contributed by atoms with Crippen LogP contribution in [-0.4, -0.2) is 70.4 Å². The lowest BCUT2D eigenvalue weighted by molar-refractivity contribution is -0.158. The Labute approximate surface area is 244 Å². The number of rotatable bonds is 12. The molecule has 10 nitrogen and oxygen atoms in total. The summed E-state index contributed by atoms with van der Waals surface area (Å²) in [5.74, 6) is -2.68. The van der Waals surface area contributed by atoms with Crippen LogP contribution >= 0.6 is 11.8 Å². The molecule has 0 spiro atoms. The van der Waals surface area contributed by atoms with Crippen LogP contribution in [0.1, 0.15) is 38.8 Å². The van der Waals surface area contributed by atoms with Crippen molar-refractivity contribution < 1.29 is 33.4 Å². The van der Waals surface area contributed by atoms with Crippen molar-refractivity contribution in [2.45, 2.75) is 65.0 Å². The Kier molecular flexibility index (Phi) is 11.8. The zero-order chi connectivity index (χ0) is 29.9. The van der Waals surface area contributed by atoms with Crippen molar-refractivity contribution in [2.75, 3.05) is 11.6 Å². The fourth-order valence-corrected chi connectivity index (χ4v) is 5.37. The van der Waals surface area contributed by atoms with E-state index in [0.717, 1.165) is 11.1 Å². The minimum atomic E-state index is -1.18. The number of nitrogens with one attached hydrogen (secondary N) is 2. The normalized spacial score (nSPS) is 16.1. The number of ketones is 1. The molecular weight excluding hydrogens is 546 g/mol. The summed E-state index contributed by atoms with van der Waals surface area (Å²) in [5, 5.41) is 5.32. The number of ether oxygens (including phenoxy) is 2. The minimum absolute atomic E-state index is 0.0480. The fraction of sp³-hybridized carbons (Fsp3) is 0.433. The van der Waals surface area contributed by atoms with Crippen molar-refractivity contribution in [3.63, 3.8) is 0 Å². The highest BCUT2D eigenvalue weighted by atomic mass is 32.2. The second-order valence-electron chi connectivity index (χ2n) is 10.3. The zero-order valence-corrected chi connectivity index (χ0v) is 24.5. The third-order valence-electron chi connectivity index (χ3n) is 6.35. The molecule has 2 aromatic carbocycles. The van der Waals surface area contributed by atoms with Crippen molar-refractivity contribution in [3.05, 3.63) is 71.8 Å². The Bertz CT molecular complexity index is 1210. The van der Waals surface area contributed by atoms with E-state index in [2.05, 4.69) is 10.6 Å². The van der Waals surface area contributed by atoms with Crippen LogP contribution in [0.25, 0.3) is 0 Å². The summed E-state index contributed by atoms with van der Waals surface area (Å²) in [5.41, 5.74) is 1.55. The van der Waals surface area contributed by atoms with Crippen LogP contribution in [0.15, 0.2) is 60.7 Å². The molecule has 1 aliphatic rings. The van der Waals surface area contributed by atoms with E-state index in [4.69, 9.17) is 9.47 Å². The van der Waals surface area contributed by atoms with Crippen molar-refractivity contribution >= 4 is 41.4 Å². The average molecular weight is 584 g/mol. The van der Waals surface area contributed by atoms with Gasteiger partial charge in [0.25, 0.3) is 5.78 Å². The number of amides is 3. The second-order valence-corrected chi connectivity index (χ2v) is 11.3. The Morgan fingerprint density at radius 1 is 0.902 bits per heavy atom. The smallest absolute Gasteiger partial charge is 0.408 e. The maximum absolute atomic E-state index is 13.6. The van der Waals surface area contributed by atoms with Gasteiger partial charge in [0.05, 0.1) is 12.0 Å². The van der Waals surface area contributed by atoms with Gasteiger partial charge in [0.15, 0.2) is 0 Å². The summed E-state index contributed by atoms with van der Waals surface area (Å²) in [4.78, 5) is 66.4. The molecule has 0 aromatic heterocycles. The summed E-state index contributed by atoms with van der Waals surface area (Å²) in [6, 6.07) is 15.1. The maximum Gasteiger partial charge on any atom is 0.408 e. The van der Waals surface area contributed by atoms with Crippen molar-refractivity contribution in [1.29, 1.82) is 0 Å². The third-order valence-corrected chi connectivity index (χ3v) is 7.36. The summed E-state index contributed by atoms with van der Waals surface area (Å²) < 4.78 is 10.4. The van der Waals surface area contributed by atoms with E-state index in [1.807, 2.05) is 36.4 Å². The van der Waals surface area contributed by atoms with E-state index in [1.54, 1.807) is 52.0 Å². The Morgan fingerprint density at radius 2 is 1.51 bits per heavy atom. The predicted molar refractivity (Wildman–Crippen MR) is 155 cm³/mol. The number of esters is 1. The summed E-state index contributed by atoms with van der Waals surface area (Å²) in [6.45, 7) is 6.88. The maximum atomic E-state index is 13.6. The Morgan fingerprint density at radius 3 is 2.10 bits per heavy atom. The number of benzene rings is 2. The van der Waals surface area contributed by atoms with Gasteiger partial charge in [-0.1, -0.05) is 74.5 Å². The molecule has 2 N–H and O–H groups in total. The van der Waals surface area contributed by atoms with Gasteiger partial charge in [0.1, 0.15) is 24.7 Å². The number of thioether (sulfide) groups is 1. The number of hydrogen-bond acceptors (Lipinski definition) is 8. The van der Waals surface area contributed by atoms with Gasteiger partial charge in [0.2, 0.25) is 11.8 Å². The van der Waals surface area contributed by atoms with Crippen LogP contribution in [-0.2, 0) is 41.7 Å². The van der Waals surface area contributed by atoms with Crippen LogP contribution in [0.5, 0.6) is 0 Å². The molecule has 1 fully saturated rings. The van der Waals surface area contributed by atoms with E-state index in [0.29, 0.717) is 5.75 Å². The van der Waals surface area contributed by atoms with Gasteiger partial charge in [-0.25, -0.2) is 9.59 Å². The predicted octanol–water partition coefficient (Wildman–Crippen LogP) is 3.09. The molecule has 2 aromatic rings. The van der Waals surface area contributed by atoms with E-state index in [1.165, 1.54) is 16.7 Å². The molecule has 3 unspecified atom stereocenters. The number of carbonyl (C=O) groups is 5. The number of carbonyl (C=O) groups excluding carboxylic acids is 5. The van der Waals surface area contributed by atoms with Crippen LogP contribution in [0.2, 0.25) is 0 Å². The van der Waals surface area contributed by atoms with Crippen molar-refractivity contribution in [2.24, 2.45) is 5.92 Å². The van der Waals surface area contributed by atoms with E-state index in [9.17, 15) is 24.0 Å². The van der Waals surface area contributed by atoms with Crippen LogP contribution < -0.4 is 10.6 Å². The van der Waals surface area contributed by atoms with Gasteiger partial charge in [-0.05, 0) is 30.9 Å². The van der Waals surface area contributed by atoms with Crippen LogP contribution in [0, 0.1) is 5.92 Å². The molecule has 3 amide bonds. The fourth-order valence-electron chi connectivity index (χ4n) is 4.20. The van der Waals surface area contributed by atoms with Crippen LogP contribution in [0.3, 0.4) is 0 Å². The van der Waals surface area contributed by atoms with Gasteiger partial charge in [-0.15, -0.1) is 11.8 Å². The molecule has 3 atom stereocenters. The topological polar surface area (TPSA) is 131 Å². The number of nitrogens with zero attached hydrogens (tertiary/aromatic N) is 1. The quantitative estimate of drug-likeness (QED) is 0.288. The first-order valence-corrected chi connectivity index (χ1v) is 14.7. The number of hydrogen-bond donors (Lipinski definition) is 2. The molecule has 1 aliphatic heterocycles. The molecule has 41 heavy (non-hydrogen) atoms. The third kappa shape index (κ3) is 9.34. The van der Waals surface area contributed by atoms with Gasteiger partial charge < -0.3 is 25.0 Å². The first-order valence-electron chi connectivity index (χ1n) is 13.5. The SMILES string of the molecule is CC(C)OC(=O)C(=O)C(Cc1ccccc1)NC(=O)C1CSCN1C(=O)C(NC(=O)OCc1ccccc1)C(C)C. The summed E-state index contributed by atoms with van der Waals surface area (Å²) in [7, 11) is 0. The second kappa shape index (κ2) is 15.2. The molecular formula is C30H37N3O7S. The Balaban J connectivity index is 1.70. The Hall–Kier alpha value is -3.86. The number of Topliss-reactive ketones (excluding diaryl/α,β-unsaturated/α-hetero) is 1. The first-order chi connectivity index (χ1) is 19.6. The van der Waals surface area contributed by atoms with E-state index < -0.39 is 53.9 Å². The van der Waals surface area contributed by atoms with E-state index in [-0.39, 0.29) is 24.8 Å². The number of alkyl carbamates (subject to hydrolysis) is 1. The molecule has 220 valence electrons. The zero-order valence-electron chi connectivity index (χ0n) is 23.7. The van der Waals surface area contributed by atoms with Gasteiger partial charge >= 0.3 is 12.1 Å². The van der Waals surface area contributed by atoms with Gasteiger partial charge in [0, 0.05) is 12.2 Å². The largest absolute Gasteiger partial charge is 0.457 e. The first kappa shape index (κ1) is 31.7. The molecule has 3 rings (SSSR count).